The van der Waals surface area contributed by atoms with Crippen LogP contribution in [-0.2, 0) is 0 Å². The molecule has 0 radical (unpaired) electrons. The molecule has 1 aliphatic heterocycles. The molecule has 5 heteroatoms. The second-order valence-electron chi connectivity index (χ2n) is 5.28. The minimum Gasteiger partial charge on any atom is -0.491 e. The highest BCUT2D eigenvalue weighted by molar-refractivity contribution is 5.22. The van der Waals surface area contributed by atoms with Crippen LogP contribution in [0.1, 0.15) is 12.8 Å². The van der Waals surface area contributed by atoms with Gasteiger partial charge in [0.25, 0.3) is 0 Å². The van der Waals surface area contributed by atoms with Crippen LogP contribution in [0.2, 0.25) is 0 Å². The molecule has 1 aromatic carbocycles. The van der Waals surface area contributed by atoms with Crippen molar-refractivity contribution in [2.45, 2.75) is 25.0 Å². The average Bonchev–Trinajstić information content (AvgIpc) is 2.47. The SMILES string of the molecule is CNC1CCN(CC(O)COc2ccc(F)cc2)CC1. The summed E-state index contributed by atoms with van der Waals surface area (Å²) in [4.78, 5) is 2.26. The Balaban J connectivity index is 1.68. The minimum atomic E-state index is -0.522. The van der Waals surface area contributed by atoms with Crippen LogP contribution in [0.4, 0.5) is 4.39 Å². The van der Waals surface area contributed by atoms with Gasteiger partial charge in [0.05, 0.1) is 0 Å². The summed E-state index contributed by atoms with van der Waals surface area (Å²) in [7, 11) is 1.99. The van der Waals surface area contributed by atoms with Crippen molar-refractivity contribution in [3.63, 3.8) is 0 Å². The van der Waals surface area contributed by atoms with Crippen molar-refractivity contribution < 1.29 is 14.2 Å². The molecule has 112 valence electrons. The van der Waals surface area contributed by atoms with Gasteiger partial charge < -0.3 is 20.1 Å². The van der Waals surface area contributed by atoms with E-state index in [1.807, 2.05) is 7.05 Å². The molecule has 1 atom stereocenters. The number of hydrogen-bond donors (Lipinski definition) is 2. The van der Waals surface area contributed by atoms with Gasteiger partial charge >= 0.3 is 0 Å². The van der Waals surface area contributed by atoms with Crippen molar-refractivity contribution in [3.05, 3.63) is 30.1 Å². The number of β-amino-alcohol motifs (C(OH)–C–C–N with tert-alkyl or cyclic N) is 1. The maximum absolute atomic E-state index is 12.7. The Morgan fingerprint density at radius 1 is 1.35 bits per heavy atom. The molecule has 1 fully saturated rings. The normalized spacial score (nSPS) is 18.9. The van der Waals surface area contributed by atoms with Crippen molar-refractivity contribution in [2.75, 3.05) is 33.3 Å². The van der Waals surface area contributed by atoms with Crippen molar-refractivity contribution in [3.8, 4) is 5.75 Å². The van der Waals surface area contributed by atoms with E-state index in [-0.39, 0.29) is 12.4 Å². The molecule has 1 heterocycles. The number of ether oxygens (including phenoxy) is 1. The van der Waals surface area contributed by atoms with Gasteiger partial charge in [-0.25, -0.2) is 4.39 Å². The van der Waals surface area contributed by atoms with Crippen LogP contribution >= 0.6 is 0 Å². The zero-order valence-electron chi connectivity index (χ0n) is 11.9. The number of aliphatic hydroxyl groups is 1. The Kier molecular flexibility index (Phi) is 5.76. The van der Waals surface area contributed by atoms with Gasteiger partial charge in [0.15, 0.2) is 0 Å². The number of rotatable bonds is 6. The molecule has 4 nitrogen and oxygen atoms in total. The summed E-state index contributed by atoms with van der Waals surface area (Å²) in [5, 5.41) is 13.3. The molecule has 1 unspecified atom stereocenters. The van der Waals surface area contributed by atoms with Gasteiger partial charge in [0.2, 0.25) is 0 Å². The molecule has 0 amide bonds. The van der Waals surface area contributed by atoms with Gasteiger partial charge in [-0.05, 0) is 57.2 Å². The lowest BCUT2D eigenvalue weighted by Crippen LogP contribution is -2.44. The molecule has 2 N–H and O–H groups in total. The van der Waals surface area contributed by atoms with Gasteiger partial charge in [-0.3, -0.25) is 0 Å². The number of halogens is 1. The van der Waals surface area contributed by atoms with Crippen LogP contribution in [0.5, 0.6) is 5.75 Å². The molecule has 20 heavy (non-hydrogen) atoms. The number of benzene rings is 1. The molecule has 0 bridgehead atoms. The topological polar surface area (TPSA) is 44.7 Å². The Morgan fingerprint density at radius 2 is 2.00 bits per heavy atom. The standard InChI is InChI=1S/C15H23FN2O2/c1-17-13-6-8-18(9-7-13)10-14(19)11-20-15-4-2-12(16)3-5-15/h2-5,13-14,17,19H,6-11H2,1H3. The van der Waals surface area contributed by atoms with E-state index >= 15 is 0 Å². The lowest BCUT2D eigenvalue weighted by Gasteiger charge is -2.32. The third-order valence-corrected chi connectivity index (χ3v) is 3.72. The molecule has 0 spiro atoms. The first-order valence-corrected chi connectivity index (χ1v) is 7.13. The Bertz CT molecular complexity index is 391. The number of nitrogens with one attached hydrogen (secondary N) is 1. The summed E-state index contributed by atoms with van der Waals surface area (Å²) < 4.78 is 18.2. The van der Waals surface area contributed by atoms with Crippen LogP contribution in [-0.4, -0.2) is 55.4 Å². The summed E-state index contributed by atoms with van der Waals surface area (Å²) in [6.45, 7) is 2.85. The lowest BCUT2D eigenvalue weighted by atomic mass is 10.1. The molecular weight excluding hydrogens is 259 g/mol. The predicted octanol–water partition coefficient (Wildman–Crippen LogP) is 1.25. The highest BCUT2D eigenvalue weighted by Gasteiger charge is 2.19. The first kappa shape index (κ1) is 15.2. The number of aliphatic hydroxyl groups excluding tert-OH is 1. The van der Waals surface area contributed by atoms with E-state index in [9.17, 15) is 9.50 Å². The smallest absolute Gasteiger partial charge is 0.123 e. The summed E-state index contributed by atoms with van der Waals surface area (Å²) in [6, 6.07) is 6.44. The molecule has 0 saturated carbocycles. The van der Waals surface area contributed by atoms with E-state index in [2.05, 4.69) is 10.2 Å². The van der Waals surface area contributed by atoms with Crippen LogP contribution in [0.15, 0.2) is 24.3 Å². The number of likely N-dealkylation sites (tertiary alicyclic amines) is 1. The second-order valence-corrected chi connectivity index (χ2v) is 5.28. The largest absolute Gasteiger partial charge is 0.491 e. The number of piperidine rings is 1. The molecular formula is C15H23FN2O2. The molecule has 1 aromatic rings. The van der Waals surface area contributed by atoms with E-state index in [0.717, 1.165) is 25.9 Å². The zero-order chi connectivity index (χ0) is 14.4. The number of hydrogen-bond acceptors (Lipinski definition) is 4. The Hall–Kier alpha value is -1.17. The highest BCUT2D eigenvalue weighted by Crippen LogP contribution is 2.13. The maximum Gasteiger partial charge on any atom is 0.123 e. The van der Waals surface area contributed by atoms with Crippen LogP contribution in [0.3, 0.4) is 0 Å². The predicted molar refractivity (Wildman–Crippen MR) is 76.4 cm³/mol. The fourth-order valence-electron chi connectivity index (χ4n) is 2.48. The molecule has 0 aliphatic carbocycles. The lowest BCUT2D eigenvalue weighted by molar-refractivity contribution is 0.0583. The van der Waals surface area contributed by atoms with Gasteiger partial charge in [-0.2, -0.15) is 0 Å². The van der Waals surface area contributed by atoms with Crippen molar-refractivity contribution in [1.29, 1.82) is 0 Å². The van der Waals surface area contributed by atoms with E-state index in [1.54, 1.807) is 12.1 Å². The monoisotopic (exact) mass is 282 g/mol. The van der Waals surface area contributed by atoms with Crippen molar-refractivity contribution in [2.24, 2.45) is 0 Å². The second kappa shape index (κ2) is 7.57. The van der Waals surface area contributed by atoms with Crippen LogP contribution in [0.25, 0.3) is 0 Å². The average molecular weight is 282 g/mol. The molecule has 1 saturated heterocycles. The third kappa shape index (κ3) is 4.74. The summed E-state index contributed by atoms with van der Waals surface area (Å²) in [5.74, 6) is 0.296. The van der Waals surface area contributed by atoms with Gasteiger partial charge in [0, 0.05) is 12.6 Å². The molecule has 0 aromatic heterocycles. The molecule has 2 rings (SSSR count). The first-order valence-electron chi connectivity index (χ1n) is 7.13. The van der Waals surface area contributed by atoms with Crippen LogP contribution < -0.4 is 10.1 Å². The van der Waals surface area contributed by atoms with Gasteiger partial charge in [-0.1, -0.05) is 0 Å². The fraction of sp³-hybridized carbons (Fsp3) is 0.600. The number of nitrogens with zero attached hydrogens (tertiary/aromatic N) is 1. The van der Waals surface area contributed by atoms with Crippen molar-refractivity contribution in [1.82, 2.24) is 10.2 Å². The van der Waals surface area contributed by atoms with Crippen molar-refractivity contribution >= 4 is 0 Å². The summed E-state index contributed by atoms with van der Waals surface area (Å²) >= 11 is 0. The maximum atomic E-state index is 12.7. The summed E-state index contributed by atoms with van der Waals surface area (Å²) in [5.41, 5.74) is 0. The van der Waals surface area contributed by atoms with Crippen LogP contribution in [0, 0.1) is 5.82 Å². The quantitative estimate of drug-likeness (QED) is 0.824. The highest BCUT2D eigenvalue weighted by atomic mass is 19.1. The Labute approximate surface area is 119 Å². The van der Waals surface area contributed by atoms with E-state index in [0.29, 0.717) is 18.3 Å². The first-order chi connectivity index (χ1) is 9.67. The van der Waals surface area contributed by atoms with E-state index in [4.69, 9.17) is 4.74 Å². The van der Waals surface area contributed by atoms with E-state index in [1.165, 1.54) is 12.1 Å². The molecule has 1 aliphatic rings. The fourth-order valence-corrected chi connectivity index (χ4v) is 2.48. The minimum absolute atomic E-state index is 0.234. The summed E-state index contributed by atoms with van der Waals surface area (Å²) in [6.07, 6.45) is 1.70. The third-order valence-electron chi connectivity index (χ3n) is 3.72. The van der Waals surface area contributed by atoms with E-state index < -0.39 is 6.10 Å². The van der Waals surface area contributed by atoms with Gasteiger partial charge in [0.1, 0.15) is 24.3 Å². The van der Waals surface area contributed by atoms with Gasteiger partial charge in [-0.15, -0.1) is 0 Å². The zero-order valence-corrected chi connectivity index (χ0v) is 11.9. The Morgan fingerprint density at radius 3 is 2.60 bits per heavy atom.